The molecule has 1 amide bonds. The zero-order chi connectivity index (χ0) is 26.3. The van der Waals surface area contributed by atoms with Gasteiger partial charge in [0.25, 0.3) is 11.5 Å². The lowest BCUT2D eigenvalue weighted by Crippen LogP contribution is -2.40. The number of halogens is 4. The molecule has 37 heavy (non-hydrogen) atoms. The molecule has 1 fully saturated rings. The molecule has 192 valence electrons. The number of nitrogens with one attached hydrogen (secondary N) is 2. The minimum Gasteiger partial charge on any atom is -0.382 e. The fraction of sp³-hybridized carbons (Fsp3) is 0.308. The number of alkyl halides is 3. The molecule has 7 nitrogen and oxygen atoms in total. The van der Waals surface area contributed by atoms with Crippen molar-refractivity contribution in [2.24, 2.45) is 7.05 Å². The van der Waals surface area contributed by atoms with Crippen molar-refractivity contribution >= 4 is 45.0 Å². The molecule has 1 aliphatic carbocycles. The summed E-state index contributed by atoms with van der Waals surface area (Å²) in [6.45, 7) is 0. The van der Waals surface area contributed by atoms with E-state index in [0.29, 0.717) is 58.2 Å². The second-order valence-corrected chi connectivity index (χ2v) is 9.71. The topological polar surface area (TPSA) is 88.9 Å². The first-order chi connectivity index (χ1) is 17.6. The zero-order valence-corrected chi connectivity index (χ0v) is 20.5. The summed E-state index contributed by atoms with van der Waals surface area (Å²) in [7, 11) is 1.61. The molecule has 0 saturated heterocycles. The molecule has 2 N–H and O–H groups in total. The average Bonchev–Trinajstić information content (AvgIpc) is 2.86. The Hall–Kier alpha value is -3.66. The van der Waals surface area contributed by atoms with Crippen LogP contribution in [0.1, 0.15) is 41.7 Å². The molecule has 2 heterocycles. The molecule has 11 heteroatoms. The van der Waals surface area contributed by atoms with E-state index in [1.165, 1.54) is 23.0 Å². The van der Waals surface area contributed by atoms with Crippen LogP contribution in [0, 0.1) is 0 Å². The molecule has 0 atom stereocenters. The van der Waals surface area contributed by atoms with Crippen LogP contribution in [0.4, 0.5) is 18.9 Å². The van der Waals surface area contributed by atoms with Crippen LogP contribution in [0.25, 0.3) is 21.8 Å². The predicted molar refractivity (Wildman–Crippen MR) is 136 cm³/mol. The minimum absolute atomic E-state index is 0.0695. The Bertz CT molecular complexity index is 1560. The van der Waals surface area contributed by atoms with Gasteiger partial charge in [0.05, 0.1) is 22.7 Å². The summed E-state index contributed by atoms with van der Waals surface area (Å²) in [6.07, 6.45) is -0.523. The van der Waals surface area contributed by atoms with Crippen LogP contribution >= 0.6 is 11.6 Å². The first-order valence-electron chi connectivity index (χ1n) is 11.8. The maximum atomic E-state index is 13.4. The van der Waals surface area contributed by atoms with Crippen molar-refractivity contribution in [1.82, 2.24) is 19.9 Å². The van der Waals surface area contributed by atoms with Gasteiger partial charge in [-0.1, -0.05) is 11.6 Å². The number of pyridine rings is 1. The monoisotopic (exact) mass is 529 g/mol. The predicted octanol–water partition coefficient (Wildman–Crippen LogP) is 5.31. The second-order valence-electron chi connectivity index (χ2n) is 9.27. The van der Waals surface area contributed by atoms with Crippen LogP contribution in [0.5, 0.6) is 0 Å². The molecule has 1 aliphatic rings. The lowest BCUT2D eigenvalue weighted by Gasteiger charge is -2.30. The number of rotatable bonds is 4. The Labute approximate surface area is 214 Å². The summed E-state index contributed by atoms with van der Waals surface area (Å²) in [4.78, 5) is 33.0. The zero-order valence-electron chi connectivity index (χ0n) is 19.8. The van der Waals surface area contributed by atoms with Gasteiger partial charge in [-0.15, -0.1) is 0 Å². The van der Waals surface area contributed by atoms with Crippen LogP contribution in [0.2, 0.25) is 5.02 Å². The number of benzene rings is 2. The SMILES string of the molecule is Cn1cnc2cc(C(=O)NC3CCC(Nc4cc(C(F)(F)F)nc5ccc(Cl)cc45)CC3)ccc2c1=O. The lowest BCUT2D eigenvalue weighted by atomic mass is 9.90. The summed E-state index contributed by atoms with van der Waals surface area (Å²) in [5, 5.41) is 7.64. The molecule has 4 aromatic rings. The molecule has 1 saturated carbocycles. The third kappa shape index (κ3) is 5.24. The van der Waals surface area contributed by atoms with E-state index in [1.54, 1.807) is 31.3 Å². The Balaban J connectivity index is 1.26. The van der Waals surface area contributed by atoms with Crippen LogP contribution in [-0.2, 0) is 13.2 Å². The quantitative estimate of drug-likeness (QED) is 0.374. The molecular formula is C26H23ClF3N5O2. The van der Waals surface area contributed by atoms with Crippen molar-refractivity contribution in [2.75, 3.05) is 5.32 Å². The van der Waals surface area contributed by atoms with Gasteiger partial charge in [-0.3, -0.25) is 9.59 Å². The molecule has 0 radical (unpaired) electrons. The highest BCUT2D eigenvalue weighted by molar-refractivity contribution is 6.31. The van der Waals surface area contributed by atoms with E-state index in [2.05, 4.69) is 20.6 Å². The highest BCUT2D eigenvalue weighted by atomic mass is 35.5. The van der Waals surface area contributed by atoms with Crippen LogP contribution in [0.15, 0.2) is 53.6 Å². The fourth-order valence-corrected chi connectivity index (χ4v) is 4.86. The van der Waals surface area contributed by atoms with Gasteiger partial charge in [-0.05, 0) is 68.1 Å². The number of hydrogen-bond acceptors (Lipinski definition) is 5. The van der Waals surface area contributed by atoms with Gasteiger partial charge in [0.15, 0.2) is 0 Å². The molecule has 5 rings (SSSR count). The average molecular weight is 530 g/mol. The third-order valence-electron chi connectivity index (χ3n) is 6.66. The molecule has 2 aromatic heterocycles. The number of nitrogens with zero attached hydrogens (tertiary/aromatic N) is 3. The number of fused-ring (bicyclic) bond motifs is 2. The third-order valence-corrected chi connectivity index (χ3v) is 6.90. The maximum absolute atomic E-state index is 13.4. The normalized spacial score (nSPS) is 18.2. The fourth-order valence-electron chi connectivity index (χ4n) is 4.69. The highest BCUT2D eigenvalue weighted by Crippen LogP contribution is 2.35. The smallest absolute Gasteiger partial charge is 0.382 e. The Kier molecular flexibility index (Phi) is 6.53. The Morgan fingerprint density at radius 3 is 2.46 bits per heavy atom. The van der Waals surface area contributed by atoms with Gasteiger partial charge in [0.2, 0.25) is 0 Å². The van der Waals surface area contributed by atoms with E-state index >= 15 is 0 Å². The van der Waals surface area contributed by atoms with Crippen molar-refractivity contribution in [3.63, 3.8) is 0 Å². The van der Waals surface area contributed by atoms with Gasteiger partial charge in [0.1, 0.15) is 5.69 Å². The summed E-state index contributed by atoms with van der Waals surface area (Å²) in [5.41, 5.74) is 0.260. The minimum atomic E-state index is -4.57. The lowest BCUT2D eigenvalue weighted by molar-refractivity contribution is -0.140. The summed E-state index contributed by atoms with van der Waals surface area (Å²) in [5.74, 6) is -0.259. The van der Waals surface area contributed by atoms with Crippen LogP contribution in [-0.4, -0.2) is 32.5 Å². The highest BCUT2D eigenvalue weighted by Gasteiger charge is 2.34. The van der Waals surface area contributed by atoms with E-state index < -0.39 is 11.9 Å². The van der Waals surface area contributed by atoms with Crippen molar-refractivity contribution in [3.8, 4) is 0 Å². The summed E-state index contributed by atoms with van der Waals surface area (Å²) >= 11 is 6.09. The van der Waals surface area contributed by atoms with Crippen molar-refractivity contribution in [3.05, 3.63) is 75.4 Å². The molecule has 0 aliphatic heterocycles. The number of carbonyl (C=O) groups is 1. The second kappa shape index (κ2) is 9.66. The largest absolute Gasteiger partial charge is 0.433 e. The van der Waals surface area contributed by atoms with Gasteiger partial charge in [-0.25, -0.2) is 9.97 Å². The number of aryl methyl sites for hydroxylation is 1. The number of amides is 1. The van der Waals surface area contributed by atoms with E-state index in [9.17, 15) is 22.8 Å². The van der Waals surface area contributed by atoms with Gasteiger partial charge < -0.3 is 15.2 Å². The van der Waals surface area contributed by atoms with Gasteiger partial charge in [-0.2, -0.15) is 13.2 Å². The molecule has 2 aromatic carbocycles. The van der Waals surface area contributed by atoms with E-state index in [1.807, 2.05) is 0 Å². The van der Waals surface area contributed by atoms with Crippen molar-refractivity contribution < 1.29 is 18.0 Å². The van der Waals surface area contributed by atoms with Crippen LogP contribution < -0.4 is 16.2 Å². The van der Waals surface area contributed by atoms with Crippen LogP contribution in [0.3, 0.4) is 0 Å². The van der Waals surface area contributed by atoms with E-state index in [-0.39, 0.29) is 29.1 Å². The van der Waals surface area contributed by atoms with E-state index in [0.717, 1.165) is 6.07 Å². The van der Waals surface area contributed by atoms with Crippen molar-refractivity contribution in [2.45, 2.75) is 43.9 Å². The summed E-state index contributed by atoms with van der Waals surface area (Å²) in [6, 6.07) is 10.3. The number of carbonyl (C=O) groups excluding carboxylic acids is 1. The van der Waals surface area contributed by atoms with Crippen molar-refractivity contribution in [1.29, 1.82) is 0 Å². The van der Waals surface area contributed by atoms with Gasteiger partial charge >= 0.3 is 6.18 Å². The summed E-state index contributed by atoms with van der Waals surface area (Å²) < 4.78 is 41.6. The molecule has 0 bridgehead atoms. The Morgan fingerprint density at radius 1 is 1.00 bits per heavy atom. The Morgan fingerprint density at radius 2 is 1.73 bits per heavy atom. The molecule has 0 spiro atoms. The number of anilines is 1. The number of aromatic nitrogens is 3. The first kappa shape index (κ1) is 25.0. The van der Waals surface area contributed by atoms with E-state index in [4.69, 9.17) is 11.6 Å². The molecule has 0 unspecified atom stereocenters. The molecular weight excluding hydrogens is 507 g/mol. The maximum Gasteiger partial charge on any atom is 0.433 e. The number of hydrogen-bond donors (Lipinski definition) is 2. The first-order valence-corrected chi connectivity index (χ1v) is 12.2. The standard InChI is InChI=1S/C26H23ClF3N5O2/c1-35-13-31-21-10-14(2-8-18(21)25(35)37)24(36)33-17-6-4-16(5-7-17)32-22-12-23(26(28,29)30)34-20-9-3-15(27)11-19(20)22/h2-3,8-13,16-17H,4-7H2,1H3,(H,32,34)(H,33,36). The van der Waals surface area contributed by atoms with Gasteiger partial charge in [0, 0.05) is 40.8 Å².